The van der Waals surface area contributed by atoms with E-state index in [1.165, 1.54) is 18.2 Å². The molecule has 0 bridgehead atoms. The average Bonchev–Trinajstić information content (AvgIpc) is 2.87. The first kappa shape index (κ1) is 17.0. The Hall–Kier alpha value is -1.86. The molecular weight excluding hydrogens is 334 g/mol. The lowest BCUT2D eigenvalue weighted by molar-refractivity contribution is -0.0585. The third-order valence-corrected chi connectivity index (χ3v) is 5.04. The zero-order valence-corrected chi connectivity index (χ0v) is 14.5. The van der Waals surface area contributed by atoms with Gasteiger partial charge in [0.25, 0.3) is 5.91 Å². The summed E-state index contributed by atoms with van der Waals surface area (Å²) >= 11 is 1.02. The molecule has 2 aromatic rings. The number of thiazole rings is 1. The van der Waals surface area contributed by atoms with E-state index < -0.39 is 11.6 Å². The molecule has 128 valence electrons. The van der Waals surface area contributed by atoms with E-state index in [1.807, 2.05) is 13.8 Å². The van der Waals surface area contributed by atoms with Crippen molar-refractivity contribution in [2.45, 2.75) is 33.0 Å². The van der Waals surface area contributed by atoms with Crippen molar-refractivity contribution < 1.29 is 18.3 Å². The molecule has 2 heterocycles. The minimum atomic E-state index is -0.684. The molecule has 1 aromatic heterocycles. The molecule has 2 atom stereocenters. The van der Waals surface area contributed by atoms with Crippen LogP contribution in [0.1, 0.15) is 29.2 Å². The first-order valence-electron chi connectivity index (χ1n) is 7.73. The Kier molecular flexibility index (Phi) is 4.64. The zero-order valence-electron chi connectivity index (χ0n) is 13.7. The quantitative estimate of drug-likeness (QED) is 0.829. The van der Waals surface area contributed by atoms with Crippen LogP contribution < -0.4 is 0 Å². The van der Waals surface area contributed by atoms with Crippen LogP contribution in [0, 0.1) is 18.6 Å². The maximum atomic E-state index is 14.0. The molecule has 3 rings (SSSR count). The minimum Gasteiger partial charge on any atom is -0.372 e. The van der Waals surface area contributed by atoms with E-state index in [4.69, 9.17) is 4.74 Å². The Morgan fingerprint density at radius 1 is 1.25 bits per heavy atom. The summed E-state index contributed by atoms with van der Waals surface area (Å²) in [6.07, 6.45) is -0.0937. The van der Waals surface area contributed by atoms with Gasteiger partial charge in [0.2, 0.25) is 0 Å². The predicted octanol–water partition coefficient (Wildman–Crippen LogP) is 3.65. The normalized spacial score (nSPS) is 21.1. The van der Waals surface area contributed by atoms with Crippen LogP contribution in [0.4, 0.5) is 8.78 Å². The van der Waals surface area contributed by atoms with Crippen molar-refractivity contribution in [1.29, 1.82) is 0 Å². The Balaban J connectivity index is 1.93. The summed E-state index contributed by atoms with van der Waals surface area (Å²) in [7, 11) is 0. The molecule has 1 amide bonds. The monoisotopic (exact) mass is 352 g/mol. The molecule has 0 aliphatic carbocycles. The number of amides is 1. The summed E-state index contributed by atoms with van der Waals surface area (Å²) in [6, 6.07) is 3.67. The van der Waals surface area contributed by atoms with Gasteiger partial charge in [-0.3, -0.25) is 4.79 Å². The number of carbonyl (C=O) groups excluding carboxylic acids is 1. The number of nitrogens with zero attached hydrogens (tertiary/aromatic N) is 2. The summed E-state index contributed by atoms with van der Waals surface area (Å²) < 4.78 is 33.5. The highest BCUT2D eigenvalue weighted by Gasteiger charge is 2.29. The fraction of sp³-hybridized carbons (Fsp3) is 0.412. The summed E-state index contributed by atoms with van der Waals surface area (Å²) in [5.74, 6) is -1.54. The van der Waals surface area contributed by atoms with E-state index in [-0.39, 0.29) is 28.7 Å². The van der Waals surface area contributed by atoms with E-state index >= 15 is 0 Å². The molecular formula is C17H18F2N2O2S. The lowest BCUT2D eigenvalue weighted by Gasteiger charge is -2.35. The van der Waals surface area contributed by atoms with E-state index in [9.17, 15) is 13.6 Å². The summed E-state index contributed by atoms with van der Waals surface area (Å²) in [6.45, 7) is 6.48. The van der Waals surface area contributed by atoms with Gasteiger partial charge in [-0.15, -0.1) is 11.3 Å². The van der Waals surface area contributed by atoms with Crippen LogP contribution in [0.2, 0.25) is 0 Å². The van der Waals surface area contributed by atoms with Gasteiger partial charge in [-0.1, -0.05) is 6.07 Å². The standard InChI is InChI=1S/C17H18F2N2O2S/c1-9-7-21(8-10(2)23-9)17(22)15-11(3)20-16(24-15)14-12(18)5-4-6-13(14)19/h4-6,9-10H,7-8H2,1-3H3. The lowest BCUT2D eigenvalue weighted by Crippen LogP contribution is -2.48. The number of rotatable bonds is 2. The maximum Gasteiger partial charge on any atom is 0.266 e. The number of hydrogen-bond donors (Lipinski definition) is 0. The van der Waals surface area contributed by atoms with Crippen molar-refractivity contribution in [2.24, 2.45) is 0 Å². The average molecular weight is 352 g/mol. The fourth-order valence-electron chi connectivity index (χ4n) is 2.89. The van der Waals surface area contributed by atoms with Crippen LogP contribution in [0.15, 0.2) is 18.2 Å². The van der Waals surface area contributed by atoms with Crippen molar-refractivity contribution in [1.82, 2.24) is 9.88 Å². The van der Waals surface area contributed by atoms with Crippen LogP contribution in [0.5, 0.6) is 0 Å². The lowest BCUT2D eigenvalue weighted by atomic mass is 10.2. The van der Waals surface area contributed by atoms with Crippen LogP contribution in [-0.2, 0) is 4.74 Å². The van der Waals surface area contributed by atoms with Crippen LogP contribution in [0.25, 0.3) is 10.6 Å². The topological polar surface area (TPSA) is 42.4 Å². The van der Waals surface area contributed by atoms with Crippen LogP contribution >= 0.6 is 11.3 Å². The summed E-state index contributed by atoms with van der Waals surface area (Å²) in [5.41, 5.74) is 0.294. The summed E-state index contributed by atoms with van der Waals surface area (Å²) in [5, 5.41) is 0.181. The largest absolute Gasteiger partial charge is 0.372 e. The number of ether oxygens (including phenoxy) is 1. The van der Waals surface area contributed by atoms with Gasteiger partial charge < -0.3 is 9.64 Å². The zero-order chi connectivity index (χ0) is 17.4. The molecule has 2 unspecified atom stereocenters. The molecule has 24 heavy (non-hydrogen) atoms. The Labute approximate surface area is 143 Å². The van der Waals surface area contributed by atoms with Gasteiger partial charge in [-0.2, -0.15) is 0 Å². The Morgan fingerprint density at radius 2 is 1.83 bits per heavy atom. The molecule has 0 spiro atoms. The minimum absolute atomic E-state index is 0.0468. The smallest absolute Gasteiger partial charge is 0.266 e. The molecule has 1 saturated heterocycles. The first-order chi connectivity index (χ1) is 11.4. The van der Waals surface area contributed by atoms with Crippen molar-refractivity contribution in [3.8, 4) is 10.6 Å². The second-order valence-corrected chi connectivity index (χ2v) is 7.00. The van der Waals surface area contributed by atoms with Crippen molar-refractivity contribution in [3.63, 3.8) is 0 Å². The van der Waals surface area contributed by atoms with Crippen molar-refractivity contribution in [2.75, 3.05) is 13.1 Å². The fourth-order valence-corrected chi connectivity index (χ4v) is 3.97. The molecule has 1 fully saturated rings. The molecule has 1 aliphatic rings. The van der Waals surface area contributed by atoms with Gasteiger partial charge in [0, 0.05) is 13.1 Å². The Morgan fingerprint density at radius 3 is 2.42 bits per heavy atom. The highest BCUT2D eigenvalue weighted by Crippen LogP contribution is 2.32. The van der Waals surface area contributed by atoms with Gasteiger partial charge in [-0.05, 0) is 32.9 Å². The van der Waals surface area contributed by atoms with Gasteiger partial charge in [0.05, 0.1) is 23.5 Å². The van der Waals surface area contributed by atoms with E-state index in [0.717, 1.165) is 11.3 Å². The number of aromatic nitrogens is 1. The first-order valence-corrected chi connectivity index (χ1v) is 8.55. The van der Waals surface area contributed by atoms with Crippen LogP contribution in [-0.4, -0.2) is 41.1 Å². The molecule has 1 aromatic carbocycles. The number of morpholine rings is 1. The van der Waals surface area contributed by atoms with E-state index in [1.54, 1.807) is 11.8 Å². The number of halogens is 2. The molecule has 0 radical (unpaired) electrons. The maximum absolute atomic E-state index is 14.0. The molecule has 0 N–H and O–H groups in total. The van der Waals surface area contributed by atoms with E-state index in [0.29, 0.717) is 23.7 Å². The molecule has 0 saturated carbocycles. The number of carbonyl (C=O) groups is 1. The number of benzene rings is 1. The number of hydrogen-bond acceptors (Lipinski definition) is 4. The second-order valence-electron chi connectivity index (χ2n) is 6.00. The summed E-state index contributed by atoms with van der Waals surface area (Å²) in [4.78, 5) is 19.1. The van der Waals surface area contributed by atoms with E-state index in [2.05, 4.69) is 4.98 Å². The highest BCUT2D eigenvalue weighted by molar-refractivity contribution is 7.17. The molecule has 1 aliphatic heterocycles. The van der Waals surface area contributed by atoms with Gasteiger partial charge >= 0.3 is 0 Å². The van der Waals surface area contributed by atoms with Gasteiger partial charge in [0.15, 0.2) is 0 Å². The van der Waals surface area contributed by atoms with Crippen molar-refractivity contribution in [3.05, 3.63) is 40.4 Å². The second kappa shape index (κ2) is 6.57. The van der Waals surface area contributed by atoms with Crippen LogP contribution in [0.3, 0.4) is 0 Å². The predicted molar refractivity (Wildman–Crippen MR) is 88.1 cm³/mol. The Bertz CT molecular complexity index is 748. The third-order valence-electron chi connectivity index (χ3n) is 3.87. The van der Waals surface area contributed by atoms with Crippen molar-refractivity contribution >= 4 is 17.2 Å². The molecule has 4 nitrogen and oxygen atoms in total. The molecule has 7 heteroatoms. The van der Waals surface area contributed by atoms with Gasteiger partial charge in [0.1, 0.15) is 21.5 Å². The third kappa shape index (κ3) is 3.18. The number of aryl methyl sites for hydroxylation is 1. The highest BCUT2D eigenvalue weighted by atomic mass is 32.1. The SMILES string of the molecule is Cc1nc(-c2c(F)cccc2F)sc1C(=O)N1CC(C)OC(C)C1. The van der Waals surface area contributed by atoms with Gasteiger partial charge in [-0.25, -0.2) is 13.8 Å².